The molecule has 3 heterocycles. The molecule has 2 atom stereocenters. The van der Waals surface area contributed by atoms with Crippen LogP contribution in [0.2, 0.25) is 0 Å². The number of methoxy groups -OCH3 is 1. The zero-order chi connectivity index (χ0) is 30.3. The highest BCUT2D eigenvalue weighted by molar-refractivity contribution is 5.99. The molecule has 2 amide bonds. The van der Waals surface area contributed by atoms with Crippen molar-refractivity contribution in [3.05, 3.63) is 94.8 Å². The zero-order valence-electron chi connectivity index (χ0n) is 24.7. The third-order valence-electron chi connectivity index (χ3n) is 8.57. The molecule has 2 aliphatic heterocycles. The van der Waals surface area contributed by atoms with Crippen LogP contribution in [-0.2, 0) is 6.54 Å². The minimum atomic E-state index is -0.193. The lowest BCUT2D eigenvalue weighted by molar-refractivity contribution is 0.0645. The number of carbonyl (C=O) groups is 3. The fourth-order valence-electron chi connectivity index (χ4n) is 5.94. The Hall–Kier alpha value is -4.55. The SMILES string of the molecule is COc1ccc(C(=O)C2CCN(C(=O)c3ccc(C(=O)NC4CCN(Cc5ccc(C#N)cc5)CC4C)cn3)CC2)cc1. The second-order valence-corrected chi connectivity index (χ2v) is 11.5. The molecular formula is C34H37N5O4. The van der Waals surface area contributed by atoms with E-state index < -0.39 is 0 Å². The summed E-state index contributed by atoms with van der Waals surface area (Å²) in [6, 6.07) is 20.3. The Kier molecular flexibility index (Phi) is 9.48. The molecule has 2 aliphatic rings. The van der Waals surface area contributed by atoms with E-state index in [0.717, 1.165) is 26.1 Å². The Bertz CT molecular complexity index is 1470. The van der Waals surface area contributed by atoms with Gasteiger partial charge in [-0.25, -0.2) is 0 Å². The summed E-state index contributed by atoms with van der Waals surface area (Å²) in [4.78, 5) is 47.4. The summed E-state index contributed by atoms with van der Waals surface area (Å²) in [5, 5.41) is 12.2. The number of nitrogens with zero attached hydrogens (tertiary/aromatic N) is 4. The number of pyridine rings is 1. The average molecular weight is 580 g/mol. The van der Waals surface area contributed by atoms with Crippen molar-refractivity contribution in [2.75, 3.05) is 33.3 Å². The number of nitrogens with one attached hydrogen (secondary N) is 1. The number of hydrogen-bond acceptors (Lipinski definition) is 7. The maximum Gasteiger partial charge on any atom is 0.272 e. The van der Waals surface area contributed by atoms with Crippen molar-refractivity contribution >= 4 is 17.6 Å². The summed E-state index contributed by atoms with van der Waals surface area (Å²) in [6.45, 7) is 5.65. The van der Waals surface area contributed by atoms with Crippen LogP contribution in [0.3, 0.4) is 0 Å². The number of ether oxygens (including phenoxy) is 1. The van der Waals surface area contributed by atoms with Crippen molar-refractivity contribution in [2.45, 2.75) is 38.8 Å². The normalized spacial score (nSPS) is 19.3. The van der Waals surface area contributed by atoms with Crippen LogP contribution in [0.5, 0.6) is 5.75 Å². The summed E-state index contributed by atoms with van der Waals surface area (Å²) >= 11 is 0. The summed E-state index contributed by atoms with van der Waals surface area (Å²) in [6.07, 6.45) is 3.50. The van der Waals surface area contributed by atoms with Gasteiger partial charge in [-0.1, -0.05) is 19.1 Å². The van der Waals surface area contributed by atoms with E-state index >= 15 is 0 Å². The number of aromatic nitrogens is 1. The molecule has 0 bridgehead atoms. The van der Waals surface area contributed by atoms with E-state index in [1.807, 2.05) is 24.3 Å². The zero-order valence-corrected chi connectivity index (χ0v) is 24.7. The van der Waals surface area contributed by atoms with Gasteiger partial charge in [0.1, 0.15) is 11.4 Å². The van der Waals surface area contributed by atoms with Crippen LogP contribution >= 0.6 is 0 Å². The number of ketones is 1. The van der Waals surface area contributed by atoms with Crippen molar-refractivity contribution in [1.82, 2.24) is 20.1 Å². The molecule has 2 saturated heterocycles. The number of nitriles is 1. The highest BCUT2D eigenvalue weighted by atomic mass is 16.5. The number of hydrogen-bond donors (Lipinski definition) is 1. The third kappa shape index (κ3) is 7.27. The highest BCUT2D eigenvalue weighted by Crippen LogP contribution is 2.24. The van der Waals surface area contributed by atoms with E-state index in [1.165, 1.54) is 11.8 Å². The van der Waals surface area contributed by atoms with Gasteiger partial charge in [-0.2, -0.15) is 5.26 Å². The monoisotopic (exact) mass is 579 g/mol. The van der Waals surface area contributed by atoms with E-state index in [9.17, 15) is 14.4 Å². The van der Waals surface area contributed by atoms with Crippen LogP contribution in [-0.4, -0.2) is 71.7 Å². The van der Waals surface area contributed by atoms with Crippen molar-refractivity contribution in [3.8, 4) is 11.8 Å². The van der Waals surface area contributed by atoms with Gasteiger partial charge in [-0.05, 0) is 79.3 Å². The first-order valence-electron chi connectivity index (χ1n) is 14.8. The highest BCUT2D eigenvalue weighted by Gasteiger charge is 2.30. The predicted molar refractivity (Wildman–Crippen MR) is 162 cm³/mol. The van der Waals surface area contributed by atoms with Crippen molar-refractivity contribution in [3.63, 3.8) is 0 Å². The van der Waals surface area contributed by atoms with E-state index in [0.29, 0.717) is 54.1 Å². The molecular weight excluding hydrogens is 542 g/mol. The minimum absolute atomic E-state index is 0.0490. The van der Waals surface area contributed by atoms with Crippen LogP contribution in [0.1, 0.15) is 68.5 Å². The third-order valence-corrected chi connectivity index (χ3v) is 8.57. The molecule has 0 saturated carbocycles. The Balaban J connectivity index is 1.09. The average Bonchev–Trinajstić information content (AvgIpc) is 3.06. The number of benzene rings is 2. The van der Waals surface area contributed by atoms with Crippen LogP contribution in [0.25, 0.3) is 0 Å². The Labute approximate surface area is 252 Å². The maximum atomic E-state index is 13.1. The first kappa shape index (κ1) is 29.9. The number of Topliss-reactive ketones (excluding diaryl/α,β-unsaturated/α-hetero) is 1. The van der Waals surface area contributed by atoms with Crippen LogP contribution in [0.15, 0.2) is 66.9 Å². The van der Waals surface area contributed by atoms with Crippen molar-refractivity contribution < 1.29 is 19.1 Å². The van der Waals surface area contributed by atoms with Gasteiger partial charge in [0.15, 0.2) is 5.78 Å². The van der Waals surface area contributed by atoms with E-state index in [1.54, 1.807) is 48.4 Å². The standard InChI is InChI=1S/C34H37N5O4/c1-23-21-38(22-25-5-3-24(19-35)4-6-25)16-15-30(23)37-33(41)28-9-12-31(36-20-28)34(42)39-17-13-27(14-18-39)32(40)26-7-10-29(43-2)11-8-26/h3-12,20,23,27,30H,13-18,21-22H2,1-2H3,(H,37,41). The molecule has 0 aliphatic carbocycles. The molecule has 1 aromatic heterocycles. The van der Waals surface area contributed by atoms with Gasteiger partial charge >= 0.3 is 0 Å². The van der Waals surface area contributed by atoms with Gasteiger partial charge in [0.05, 0.1) is 24.3 Å². The molecule has 2 unspecified atom stereocenters. The number of piperidine rings is 2. The van der Waals surface area contributed by atoms with Gasteiger partial charge in [0.2, 0.25) is 0 Å². The number of rotatable bonds is 8. The topological polar surface area (TPSA) is 116 Å². The first-order chi connectivity index (χ1) is 20.8. The number of carbonyl (C=O) groups excluding carboxylic acids is 3. The molecule has 9 nitrogen and oxygen atoms in total. The fraction of sp³-hybridized carbons (Fsp3) is 0.382. The Morgan fingerprint density at radius 1 is 0.953 bits per heavy atom. The molecule has 9 heteroatoms. The molecule has 43 heavy (non-hydrogen) atoms. The summed E-state index contributed by atoms with van der Waals surface area (Å²) in [5.41, 5.74) is 3.20. The number of likely N-dealkylation sites (tertiary alicyclic amines) is 2. The molecule has 222 valence electrons. The molecule has 3 aromatic rings. The van der Waals surface area contributed by atoms with E-state index in [2.05, 4.69) is 28.2 Å². The molecule has 0 radical (unpaired) electrons. The largest absolute Gasteiger partial charge is 0.497 e. The molecule has 1 N–H and O–H groups in total. The van der Waals surface area contributed by atoms with Gasteiger partial charge in [-0.15, -0.1) is 0 Å². The second-order valence-electron chi connectivity index (χ2n) is 11.5. The summed E-state index contributed by atoms with van der Waals surface area (Å²) < 4.78 is 5.17. The van der Waals surface area contributed by atoms with E-state index in [-0.39, 0.29) is 35.5 Å². The van der Waals surface area contributed by atoms with Gasteiger partial charge < -0.3 is 15.0 Å². The quantitative estimate of drug-likeness (QED) is 0.395. The van der Waals surface area contributed by atoms with Gasteiger partial charge in [-0.3, -0.25) is 24.3 Å². The summed E-state index contributed by atoms with van der Waals surface area (Å²) in [7, 11) is 1.59. The van der Waals surface area contributed by atoms with Crippen molar-refractivity contribution in [2.24, 2.45) is 11.8 Å². The number of amides is 2. The maximum absolute atomic E-state index is 13.1. The fourth-order valence-corrected chi connectivity index (χ4v) is 5.94. The smallest absolute Gasteiger partial charge is 0.272 e. The lowest BCUT2D eigenvalue weighted by atomic mass is 9.88. The van der Waals surface area contributed by atoms with Crippen molar-refractivity contribution in [1.29, 1.82) is 5.26 Å². The van der Waals surface area contributed by atoms with Gasteiger partial charge in [0, 0.05) is 56.4 Å². The second kappa shape index (κ2) is 13.6. The summed E-state index contributed by atoms with van der Waals surface area (Å²) in [5.74, 6) is 0.563. The van der Waals surface area contributed by atoms with Gasteiger partial charge in [0.25, 0.3) is 11.8 Å². The minimum Gasteiger partial charge on any atom is -0.497 e. The van der Waals surface area contributed by atoms with Crippen LogP contribution in [0, 0.1) is 23.2 Å². The predicted octanol–water partition coefficient (Wildman–Crippen LogP) is 4.34. The Morgan fingerprint density at radius 3 is 2.26 bits per heavy atom. The molecule has 2 aromatic carbocycles. The molecule has 5 rings (SSSR count). The first-order valence-corrected chi connectivity index (χ1v) is 14.8. The Morgan fingerprint density at radius 2 is 1.65 bits per heavy atom. The van der Waals surface area contributed by atoms with Crippen LogP contribution < -0.4 is 10.1 Å². The molecule has 2 fully saturated rings. The lowest BCUT2D eigenvalue weighted by Gasteiger charge is -2.37. The molecule has 0 spiro atoms. The van der Waals surface area contributed by atoms with Crippen LogP contribution in [0.4, 0.5) is 0 Å². The lowest BCUT2D eigenvalue weighted by Crippen LogP contribution is -2.49. The van der Waals surface area contributed by atoms with E-state index in [4.69, 9.17) is 10.00 Å².